The van der Waals surface area contributed by atoms with Gasteiger partial charge < -0.3 is 20.4 Å². The molecule has 0 saturated carbocycles. The lowest BCUT2D eigenvalue weighted by Gasteiger charge is -2.17. The van der Waals surface area contributed by atoms with Crippen LogP contribution in [0, 0.1) is 13.8 Å². The van der Waals surface area contributed by atoms with E-state index >= 15 is 0 Å². The lowest BCUT2D eigenvalue weighted by atomic mass is 10.1. The summed E-state index contributed by atoms with van der Waals surface area (Å²) in [6.07, 6.45) is -2.92. The molecule has 12 heteroatoms. The van der Waals surface area contributed by atoms with Crippen molar-refractivity contribution in [2.24, 2.45) is 0 Å². The summed E-state index contributed by atoms with van der Waals surface area (Å²) in [5, 5.41) is 38.2. The number of aliphatic hydroxyl groups excluding tert-OH is 2. The number of alkyl halides is 2. The van der Waals surface area contributed by atoms with Crippen molar-refractivity contribution in [3.05, 3.63) is 46.0 Å². The van der Waals surface area contributed by atoms with Gasteiger partial charge in [0.15, 0.2) is 0 Å². The zero-order valence-corrected chi connectivity index (χ0v) is 15.9. The largest absolute Gasteiger partial charge is 0.506 e. The highest BCUT2D eigenvalue weighted by Gasteiger charge is 2.26. The zero-order chi connectivity index (χ0) is 21.0. The van der Waals surface area contributed by atoms with Crippen LogP contribution in [-0.2, 0) is 26.8 Å². The zero-order valence-electron chi connectivity index (χ0n) is 14.9. The van der Waals surface area contributed by atoms with Crippen LogP contribution in [0.5, 0.6) is 11.5 Å². The van der Waals surface area contributed by atoms with Gasteiger partial charge in [-0.1, -0.05) is 0 Å². The first kappa shape index (κ1) is 22.1. The van der Waals surface area contributed by atoms with Gasteiger partial charge in [-0.15, -0.1) is 0 Å². The molecular formula is C16H19F2N2O7P. The van der Waals surface area contributed by atoms with E-state index in [1.54, 1.807) is 0 Å². The van der Waals surface area contributed by atoms with Gasteiger partial charge in [-0.3, -0.25) is 23.6 Å². The molecule has 0 aromatic carbocycles. The molecule has 9 nitrogen and oxygen atoms in total. The van der Waals surface area contributed by atoms with Crippen LogP contribution in [0.15, 0.2) is 12.4 Å². The monoisotopic (exact) mass is 420 g/mol. The van der Waals surface area contributed by atoms with Gasteiger partial charge >= 0.3 is 8.25 Å². The number of hydrogen-bond donors (Lipinski definition) is 4. The van der Waals surface area contributed by atoms with Gasteiger partial charge in [0.25, 0.3) is 0 Å². The van der Waals surface area contributed by atoms with Crippen LogP contribution < -0.4 is 0 Å². The molecule has 154 valence electrons. The fourth-order valence-electron chi connectivity index (χ4n) is 2.37. The minimum absolute atomic E-state index is 0.135. The highest BCUT2D eigenvalue weighted by atomic mass is 31.1. The van der Waals surface area contributed by atoms with Crippen LogP contribution >= 0.6 is 8.25 Å². The van der Waals surface area contributed by atoms with Crippen molar-refractivity contribution in [2.75, 3.05) is 0 Å². The first-order valence-corrected chi connectivity index (χ1v) is 9.15. The second-order valence-electron chi connectivity index (χ2n) is 5.69. The Labute approximate surface area is 159 Å². The Morgan fingerprint density at radius 1 is 0.929 bits per heavy atom. The topological polar surface area (TPSA) is 142 Å². The molecule has 0 aliphatic carbocycles. The second kappa shape index (κ2) is 9.35. The fraction of sp³-hybridized carbons (Fsp3) is 0.375. The summed E-state index contributed by atoms with van der Waals surface area (Å²) < 4.78 is 49.5. The van der Waals surface area contributed by atoms with E-state index in [4.69, 9.17) is 0 Å². The molecule has 2 heterocycles. The number of aryl methyl sites for hydroxylation is 2. The molecule has 2 unspecified atom stereocenters. The normalized spacial score (nSPS) is 14.6. The summed E-state index contributed by atoms with van der Waals surface area (Å²) >= 11 is 0. The van der Waals surface area contributed by atoms with Crippen LogP contribution in [0.4, 0.5) is 8.78 Å². The Morgan fingerprint density at radius 3 is 1.61 bits per heavy atom. The number of nitrogens with zero attached hydrogens (tertiary/aromatic N) is 2. The van der Waals surface area contributed by atoms with Crippen LogP contribution in [-0.4, -0.2) is 30.4 Å². The van der Waals surface area contributed by atoms with Crippen molar-refractivity contribution >= 4 is 8.25 Å². The Balaban J connectivity index is 2.15. The fourth-order valence-corrected chi connectivity index (χ4v) is 3.02. The Bertz CT molecular complexity index is 815. The number of pyridine rings is 2. The molecule has 0 aliphatic rings. The van der Waals surface area contributed by atoms with E-state index in [1.807, 2.05) is 0 Å². The molecule has 0 saturated heterocycles. The molecule has 0 aliphatic heterocycles. The number of aromatic nitrogens is 2. The number of aliphatic hydroxyl groups is 2. The molecule has 2 aromatic rings. The molecule has 2 rings (SSSR count). The van der Waals surface area contributed by atoms with Gasteiger partial charge in [0, 0.05) is 34.6 Å². The standard InChI is InChI=1S/C16H19F2N2O7P/c1-7-13(23)11(5-21)9(3-19-7)15(17)26-28(25)27-16(18)10-4-20-8(2)14(24)12(10)6-22/h3-4,15-16,21-24,28H,5-6H2,1-2H3. The quantitative estimate of drug-likeness (QED) is 0.474. The Morgan fingerprint density at radius 2 is 1.29 bits per heavy atom. The molecule has 2 atom stereocenters. The lowest BCUT2D eigenvalue weighted by Crippen LogP contribution is -2.05. The number of aromatic hydroxyl groups is 2. The highest BCUT2D eigenvalue weighted by Crippen LogP contribution is 2.42. The molecule has 2 aromatic heterocycles. The lowest BCUT2D eigenvalue weighted by molar-refractivity contribution is 0.0105. The van der Waals surface area contributed by atoms with Crippen molar-refractivity contribution in [3.63, 3.8) is 0 Å². The third-order valence-electron chi connectivity index (χ3n) is 3.95. The van der Waals surface area contributed by atoms with E-state index in [0.717, 1.165) is 12.4 Å². The van der Waals surface area contributed by atoms with E-state index < -0.39 is 56.8 Å². The number of hydrogen-bond acceptors (Lipinski definition) is 9. The number of rotatable bonds is 8. The SMILES string of the molecule is Cc1ncc(C(F)O[PH](=O)OC(F)c2cnc(C)c(O)c2CO)c(CO)c1O. The van der Waals surface area contributed by atoms with E-state index in [0.29, 0.717) is 0 Å². The van der Waals surface area contributed by atoms with Crippen molar-refractivity contribution in [1.82, 2.24) is 9.97 Å². The van der Waals surface area contributed by atoms with Gasteiger partial charge in [0.05, 0.1) is 24.6 Å². The van der Waals surface area contributed by atoms with Crippen LogP contribution in [0.25, 0.3) is 0 Å². The van der Waals surface area contributed by atoms with Gasteiger partial charge in [-0.2, -0.15) is 0 Å². The van der Waals surface area contributed by atoms with Gasteiger partial charge in [-0.05, 0) is 13.8 Å². The summed E-state index contributed by atoms with van der Waals surface area (Å²) in [6, 6.07) is 0. The third-order valence-corrected chi connectivity index (χ3v) is 4.75. The molecule has 0 fully saturated rings. The molecule has 0 bridgehead atoms. The van der Waals surface area contributed by atoms with Gasteiger partial charge in [-0.25, -0.2) is 8.78 Å². The summed E-state index contributed by atoms with van der Waals surface area (Å²) in [6.45, 7) is 1.37. The Hall–Kier alpha value is -2.17. The summed E-state index contributed by atoms with van der Waals surface area (Å²) in [7, 11) is -3.76. The summed E-state index contributed by atoms with van der Waals surface area (Å²) in [5.74, 6) is -0.909. The number of halogens is 2. The summed E-state index contributed by atoms with van der Waals surface area (Å²) in [5.41, 5.74) is -0.960. The maximum atomic E-state index is 14.3. The van der Waals surface area contributed by atoms with Crippen molar-refractivity contribution in [1.29, 1.82) is 0 Å². The minimum atomic E-state index is -3.76. The highest BCUT2D eigenvalue weighted by molar-refractivity contribution is 7.33. The minimum Gasteiger partial charge on any atom is -0.506 e. The molecule has 0 radical (unpaired) electrons. The van der Waals surface area contributed by atoms with E-state index in [2.05, 4.69) is 19.0 Å². The van der Waals surface area contributed by atoms with Crippen molar-refractivity contribution < 1.29 is 42.8 Å². The van der Waals surface area contributed by atoms with Crippen molar-refractivity contribution in [2.45, 2.75) is 39.8 Å². The molecule has 0 amide bonds. The van der Waals surface area contributed by atoms with Gasteiger partial charge in [0.2, 0.25) is 12.7 Å². The smallest absolute Gasteiger partial charge is 0.324 e. The maximum Gasteiger partial charge on any atom is 0.324 e. The average Bonchev–Trinajstić information content (AvgIpc) is 2.65. The second-order valence-corrected chi connectivity index (χ2v) is 6.66. The first-order valence-electron chi connectivity index (χ1n) is 7.93. The van der Waals surface area contributed by atoms with E-state index in [1.165, 1.54) is 13.8 Å². The average molecular weight is 420 g/mol. The predicted octanol–water partition coefficient (Wildman–Crippen LogP) is 2.55. The van der Waals surface area contributed by atoms with E-state index in [-0.39, 0.29) is 22.5 Å². The third kappa shape index (κ3) is 4.62. The summed E-state index contributed by atoms with van der Waals surface area (Å²) in [4.78, 5) is 7.43. The maximum absolute atomic E-state index is 14.3. The molecule has 4 N–H and O–H groups in total. The predicted molar refractivity (Wildman–Crippen MR) is 92.0 cm³/mol. The van der Waals surface area contributed by atoms with Gasteiger partial charge in [0.1, 0.15) is 11.5 Å². The first-order chi connectivity index (χ1) is 13.2. The van der Waals surface area contributed by atoms with Crippen LogP contribution in [0.1, 0.15) is 46.4 Å². The van der Waals surface area contributed by atoms with Crippen molar-refractivity contribution in [3.8, 4) is 11.5 Å². The van der Waals surface area contributed by atoms with Crippen LogP contribution in [0.3, 0.4) is 0 Å². The molecule has 28 heavy (non-hydrogen) atoms. The van der Waals surface area contributed by atoms with Crippen LogP contribution in [0.2, 0.25) is 0 Å². The van der Waals surface area contributed by atoms with E-state index in [9.17, 15) is 33.8 Å². The molecule has 0 spiro atoms. The molecular weight excluding hydrogens is 401 g/mol. The Kier molecular flexibility index (Phi) is 7.39.